The molecule has 1 aromatic carbocycles. The maximum Gasteiger partial charge on any atom is 0.573 e. The lowest BCUT2D eigenvalue weighted by molar-refractivity contribution is -0.274. The van der Waals surface area contributed by atoms with Gasteiger partial charge in [-0.05, 0) is 30.7 Å². The zero-order chi connectivity index (χ0) is 20.7. The molecule has 0 spiro atoms. The molecule has 1 heterocycles. The van der Waals surface area contributed by atoms with Crippen LogP contribution in [-0.4, -0.2) is 60.8 Å². The first-order valence-electron chi connectivity index (χ1n) is 9.04. The molecule has 1 aromatic rings. The van der Waals surface area contributed by atoms with Gasteiger partial charge in [-0.3, -0.25) is 9.69 Å². The Morgan fingerprint density at radius 2 is 2.04 bits per heavy atom. The van der Waals surface area contributed by atoms with Gasteiger partial charge in [0.25, 0.3) is 0 Å². The highest BCUT2D eigenvalue weighted by molar-refractivity contribution is 5.67. The van der Waals surface area contributed by atoms with E-state index in [-0.39, 0.29) is 24.4 Å². The number of nitrogens with zero attached hydrogens (tertiary/aromatic N) is 2. The van der Waals surface area contributed by atoms with Gasteiger partial charge in [0.1, 0.15) is 12.0 Å². The van der Waals surface area contributed by atoms with Crippen LogP contribution in [0.1, 0.15) is 19.8 Å². The van der Waals surface area contributed by atoms with Crippen LogP contribution >= 0.6 is 0 Å². The van der Waals surface area contributed by atoms with Crippen LogP contribution in [0, 0.1) is 0 Å². The minimum absolute atomic E-state index is 0.0498. The quantitative estimate of drug-likeness (QED) is 0.638. The van der Waals surface area contributed by atoms with Crippen LogP contribution in [-0.2, 0) is 9.53 Å². The number of alkyl halides is 3. The fourth-order valence-corrected chi connectivity index (χ4v) is 3.29. The molecule has 1 aliphatic heterocycles. The van der Waals surface area contributed by atoms with E-state index in [1.54, 1.807) is 18.2 Å². The van der Waals surface area contributed by atoms with E-state index >= 15 is 0 Å². The lowest BCUT2D eigenvalue weighted by Gasteiger charge is -2.44. The third kappa shape index (κ3) is 6.42. The van der Waals surface area contributed by atoms with Crippen molar-refractivity contribution >= 4 is 11.7 Å². The third-order valence-electron chi connectivity index (χ3n) is 4.57. The van der Waals surface area contributed by atoms with E-state index in [0.29, 0.717) is 38.3 Å². The zero-order valence-corrected chi connectivity index (χ0v) is 15.7. The number of aliphatic carboxylic acids is 1. The summed E-state index contributed by atoms with van der Waals surface area (Å²) in [6, 6.07) is 5.53. The Kier molecular flexibility index (Phi) is 7.70. The summed E-state index contributed by atoms with van der Waals surface area (Å²) in [4.78, 5) is 15.1. The summed E-state index contributed by atoms with van der Waals surface area (Å²) in [5, 5.41) is 9.12. The molecule has 1 N–H and O–H groups in total. The monoisotopic (exact) mass is 402 g/mol. The molecule has 1 fully saturated rings. The summed E-state index contributed by atoms with van der Waals surface area (Å²) in [5.41, 5.74) is 0.703. The van der Waals surface area contributed by atoms with Crippen LogP contribution in [0.5, 0.6) is 5.75 Å². The number of ether oxygens (including phenoxy) is 2. The maximum absolute atomic E-state index is 12.3. The highest BCUT2D eigenvalue weighted by Crippen LogP contribution is 2.28. The summed E-state index contributed by atoms with van der Waals surface area (Å²) in [7, 11) is 0. The van der Waals surface area contributed by atoms with Crippen LogP contribution in [0.25, 0.3) is 0 Å². The predicted octanol–water partition coefficient (Wildman–Crippen LogP) is 3.49. The largest absolute Gasteiger partial charge is 0.573 e. The van der Waals surface area contributed by atoms with Crippen LogP contribution < -0.4 is 9.64 Å². The Balaban J connectivity index is 2.12. The Morgan fingerprint density at radius 1 is 1.36 bits per heavy atom. The van der Waals surface area contributed by atoms with Crippen LogP contribution in [0.3, 0.4) is 0 Å². The van der Waals surface area contributed by atoms with Crippen molar-refractivity contribution in [3.05, 3.63) is 36.9 Å². The second kappa shape index (κ2) is 9.79. The molecule has 2 unspecified atom stereocenters. The average Bonchev–Trinajstić information content (AvgIpc) is 2.63. The minimum Gasteiger partial charge on any atom is -0.481 e. The topological polar surface area (TPSA) is 62.2 Å². The molecule has 2 rings (SSSR count). The number of carboxylic acid groups (broad SMARTS) is 1. The van der Waals surface area contributed by atoms with Crippen molar-refractivity contribution in [3.8, 4) is 5.75 Å². The zero-order valence-electron chi connectivity index (χ0n) is 15.7. The first-order chi connectivity index (χ1) is 13.2. The van der Waals surface area contributed by atoms with Gasteiger partial charge < -0.3 is 19.5 Å². The van der Waals surface area contributed by atoms with Gasteiger partial charge >= 0.3 is 12.3 Å². The van der Waals surface area contributed by atoms with Gasteiger partial charge in [-0.15, -0.1) is 19.8 Å². The molecular weight excluding hydrogens is 377 g/mol. The van der Waals surface area contributed by atoms with E-state index in [1.165, 1.54) is 12.1 Å². The first-order valence-corrected chi connectivity index (χ1v) is 9.04. The average molecular weight is 402 g/mol. The highest BCUT2D eigenvalue weighted by atomic mass is 19.4. The summed E-state index contributed by atoms with van der Waals surface area (Å²) >= 11 is 0. The number of rotatable bonds is 9. The maximum atomic E-state index is 12.3. The molecule has 1 saturated heterocycles. The van der Waals surface area contributed by atoms with Gasteiger partial charge in [-0.1, -0.05) is 13.0 Å². The fourth-order valence-electron chi connectivity index (χ4n) is 3.29. The number of hydrogen-bond donors (Lipinski definition) is 1. The molecule has 156 valence electrons. The van der Waals surface area contributed by atoms with E-state index in [4.69, 9.17) is 9.84 Å². The SMILES string of the molecule is C=CCOC1CN(C(CC)CC(=O)O)CCN1c1ccc(OC(F)(F)F)cc1. The number of carboxylic acids is 1. The first kappa shape index (κ1) is 22.0. The van der Waals surface area contributed by atoms with Crippen molar-refractivity contribution < 1.29 is 32.5 Å². The molecule has 28 heavy (non-hydrogen) atoms. The van der Waals surface area contributed by atoms with Crippen LogP contribution in [0.2, 0.25) is 0 Å². The van der Waals surface area contributed by atoms with Gasteiger partial charge in [0.05, 0.1) is 13.0 Å². The second-order valence-electron chi connectivity index (χ2n) is 6.47. The van der Waals surface area contributed by atoms with Crippen LogP contribution in [0.4, 0.5) is 18.9 Å². The van der Waals surface area contributed by atoms with Crippen molar-refractivity contribution in [1.82, 2.24) is 4.90 Å². The third-order valence-corrected chi connectivity index (χ3v) is 4.57. The van der Waals surface area contributed by atoms with E-state index in [0.717, 1.165) is 0 Å². The smallest absolute Gasteiger partial charge is 0.481 e. The predicted molar refractivity (Wildman–Crippen MR) is 98.3 cm³/mol. The summed E-state index contributed by atoms with van der Waals surface area (Å²) in [6.45, 7) is 7.55. The van der Waals surface area contributed by atoms with Crippen molar-refractivity contribution in [2.24, 2.45) is 0 Å². The van der Waals surface area contributed by atoms with Crippen molar-refractivity contribution in [3.63, 3.8) is 0 Å². The summed E-state index contributed by atoms with van der Waals surface area (Å²) in [6.07, 6.45) is -2.74. The molecule has 0 aromatic heterocycles. The molecule has 6 nitrogen and oxygen atoms in total. The van der Waals surface area contributed by atoms with Gasteiger partial charge in [0.2, 0.25) is 0 Å². The minimum atomic E-state index is -4.73. The lowest BCUT2D eigenvalue weighted by atomic mass is 10.1. The van der Waals surface area contributed by atoms with E-state index < -0.39 is 12.3 Å². The molecule has 2 atom stereocenters. The van der Waals surface area contributed by atoms with E-state index in [9.17, 15) is 18.0 Å². The van der Waals surface area contributed by atoms with E-state index in [1.807, 2.05) is 11.8 Å². The molecule has 0 saturated carbocycles. The number of benzene rings is 1. The Labute approximate surface area is 162 Å². The Morgan fingerprint density at radius 3 is 2.57 bits per heavy atom. The number of halogens is 3. The van der Waals surface area contributed by atoms with Gasteiger partial charge in [0, 0.05) is 31.4 Å². The number of piperazine rings is 1. The highest BCUT2D eigenvalue weighted by Gasteiger charge is 2.33. The summed E-state index contributed by atoms with van der Waals surface area (Å²) < 4.78 is 46.8. The number of anilines is 1. The van der Waals surface area contributed by atoms with Crippen molar-refractivity contribution in [1.29, 1.82) is 0 Å². The molecule has 1 aliphatic rings. The normalized spacial score (nSPS) is 19.3. The number of carbonyl (C=O) groups is 1. The lowest BCUT2D eigenvalue weighted by Crippen LogP contribution is -2.57. The molecule has 9 heteroatoms. The number of hydrogen-bond acceptors (Lipinski definition) is 5. The fraction of sp³-hybridized carbons (Fsp3) is 0.526. The standard InChI is InChI=1S/C19H25F3N2O4/c1-3-11-27-17-13-23(14(4-2)12-18(25)26)9-10-24(17)15-5-7-16(8-6-15)28-19(20,21)22/h3,5-8,14,17H,1,4,9-13H2,2H3,(H,25,26). The molecule has 0 aliphatic carbocycles. The Bertz CT molecular complexity index is 652. The Hall–Kier alpha value is -2.26. The molecule has 0 amide bonds. The molecule has 0 radical (unpaired) electrons. The van der Waals surface area contributed by atoms with Gasteiger partial charge in [-0.2, -0.15) is 0 Å². The second-order valence-corrected chi connectivity index (χ2v) is 6.47. The van der Waals surface area contributed by atoms with Crippen molar-refractivity contribution in [2.45, 2.75) is 38.4 Å². The summed E-state index contributed by atoms with van der Waals surface area (Å²) in [5.74, 6) is -1.14. The van der Waals surface area contributed by atoms with Gasteiger partial charge in [-0.25, -0.2) is 0 Å². The van der Waals surface area contributed by atoms with Crippen molar-refractivity contribution in [2.75, 3.05) is 31.1 Å². The van der Waals surface area contributed by atoms with Crippen LogP contribution in [0.15, 0.2) is 36.9 Å². The van der Waals surface area contributed by atoms with E-state index in [2.05, 4.69) is 16.2 Å². The molecule has 0 bridgehead atoms. The molecular formula is C19H25F3N2O4. The van der Waals surface area contributed by atoms with Gasteiger partial charge in [0.15, 0.2) is 0 Å².